The van der Waals surface area contributed by atoms with Crippen LogP contribution >= 0.6 is 0 Å². The molecule has 4 rings (SSSR count). The van der Waals surface area contributed by atoms with Gasteiger partial charge < -0.3 is 14.3 Å². The third-order valence-electron chi connectivity index (χ3n) is 4.62. The summed E-state index contributed by atoms with van der Waals surface area (Å²) in [6.45, 7) is 6.21. The predicted molar refractivity (Wildman–Crippen MR) is 90.4 cm³/mol. The quantitative estimate of drug-likeness (QED) is 0.684. The number of hydrogen-bond donors (Lipinski definition) is 0. The highest BCUT2D eigenvalue weighted by Crippen LogP contribution is 2.24. The van der Waals surface area contributed by atoms with E-state index < -0.39 is 0 Å². The Bertz CT molecular complexity index is 918. The van der Waals surface area contributed by atoms with Gasteiger partial charge in [0.1, 0.15) is 23.5 Å². The average Bonchev–Trinajstić information content (AvgIpc) is 3.17. The summed E-state index contributed by atoms with van der Waals surface area (Å²) in [5.41, 5.74) is 2.02. The van der Waals surface area contributed by atoms with E-state index in [1.54, 1.807) is 31.1 Å². The number of hydrogen-bond acceptors (Lipinski definition) is 7. The molecule has 0 aromatic carbocycles. The maximum absolute atomic E-state index is 12.7. The minimum atomic E-state index is -0.0230. The third-order valence-corrected chi connectivity index (χ3v) is 4.62. The number of aryl methyl sites for hydroxylation is 3. The van der Waals surface area contributed by atoms with Gasteiger partial charge in [-0.3, -0.25) is 9.48 Å². The zero-order valence-corrected chi connectivity index (χ0v) is 14.4. The van der Waals surface area contributed by atoms with Gasteiger partial charge in [-0.1, -0.05) is 5.16 Å². The van der Waals surface area contributed by atoms with Crippen molar-refractivity contribution in [2.75, 3.05) is 31.1 Å². The Morgan fingerprint density at radius 2 is 1.92 bits per heavy atom. The van der Waals surface area contributed by atoms with Crippen LogP contribution < -0.4 is 4.90 Å². The Kier molecular flexibility index (Phi) is 3.63. The van der Waals surface area contributed by atoms with Gasteiger partial charge in [-0.25, -0.2) is 9.97 Å². The highest BCUT2D eigenvalue weighted by molar-refractivity contribution is 5.96. The fourth-order valence-corrected chi connectivity index (χ4v) is 3.27. The summed E-state index contributed by atoms with van der Waals surface area (Å²) >= 11 is 0. The largest absolute Gasteiger partial charge is 0.361 e. The maximum atomic E-state index is 12.7. The Balaban J connectivity index is 1.52. The summed E-state index contributed by atoms with van der Waals surface area (Å²) in [4.78, 5) is 25.4. The number of carbonyl (C=O) groups excluding carboxylic acids is 1. The van der Waals surface area contributed by atoms with Gasteiger partial charge in [-0.2, -0.15) is 5.10 Å². The second kappa shape index (κ2) is 5.83. The van der Waals surface area contributed by atoms with Crippen LogP contribution in [0, 0.1) is 13.8 Å². The highest BCUT2D eigenvalue weighted by atomic mass is 16.5. The van der Waals surface area contributed by atoms with Crippen molar-refractivity contribution < 1.29 is 9.32 Å². The molecule has 1 saturated heterocycles. The van der Waals surface area contributed by atoms with Gasteiger partial charge in [-0.05, 0) is 13.8 Å². The molecular formula is C16H19N7O2. The van der Waals surface area contributed by atoms with Gasteiger partial charge in [0.15, 0.2) is 5.65 Å². The van der Waals surface area contributed by atoms with Gasteiger partial charge in [-0.15, -0.1) is 0 Å². The summed E-state index contributed by atoms with van der Waals surface area (Å²) in [6.07, 6.45) is 3.34. The number of carbonyl (C=O) groups is 1. The van der Waals surface area contributed by atoms with Crippen LogP contribution in [0.25, 0.3) is 11.0 Å². The molecule has 0 radical (unpaired) electrons. The van der Waals surface area contributed by atoms with Crippen molar-refractivity contribution in [1.29, 1.82) is 0 Å². The van der Waals surface area contributed by atoms with Crippen molar-refractivity contribution in [3.8, 4) is 0 Å². The zero-order valence-electron chi connectivity index (χ0n) is 14.4. The van der Waals surface area contributed by atoms with E-state index in [2.05, 4.69) is 25.1 Å². The second-order valence-electron chi connectivity index (χ2n) is 6.18. The molecule has 1 aliphatic rings. The Morgan fingerprint density at radius 1 is 1.16 bits per heavy atom. The van der Waals surface area contributed by atoms with Gasteiger partial charge >= 0.3 is 0 Å². The SMILES string of the molecule is Cc1noc(C)c1C(=O)N1CCN(c2ncnc3c2cnn3C)CC1. The third kappa shape index (κ3) is 2.51. The van der Waals surface area contributed by atoms with Gasteiger partial charge in [0.25, 0.3) is 5.91 Å². The lowest BCUT2D eigenvalue weighted by Crippen LogP contribution is -2.49. The number of nitrogens with zero attached hydrogens (tertiary/aromatic N) is 7. The standard InChI is InChI=1S/C16H19N7O2/c1-10-13(11(2)25-20-10)16(24)23-6-4-22(5-7-23)15-12-8-19-21(3)14(12)17-9-18-15/h8-9H,4-7H2,1-3H3. The number of anilines is 1. The van der Waals surface area contributed by atoms with E-state index >= 15 is 0 Å². The average molecular weight is 341 g/mol. The normalized spacial score (nSPS) is 15.2. The lowest BCUT2D eigenvalue weighted by Gasteiger charge is -2.35. The molecule has 3 aromatic heterocycles. The van der Waals surface area contributed by atoms with Gasteiger partial charge in [0.2, 0.25) is 0 Å². The van der Waals surface area contributed by atoms with E-state index in [1.165, 1.54) is 0 Å². The lowest BCUT2D eigenvalue weighted by molar-refractivity contribution is 0.0744. The van der Waals surface area contributed by atoms with E-state index in [0.29, 0.717) is 43.2 Å². The molecule has 0 spiro atoms. The van der Waals surface area contributed by atoms with Crippen molar-refractivity contribution in [2.24, 2.45) is 7.05 Å². The first-order valence-corrected chi connectivity index (χ1v) is 8.16. The Hall–Kier alpha value is -2.97. The molecule has 1 fully saturated rings. The Labute approximate surface area is 144 Å². The van der Waals surface area contributed by atoms with Gasteiger partial charge in [0, 0.05) is 33.2 Å². The molecule has 1 amide bonds. The first-order chi connectivity index (χ1) is 12.1. The predicted octanol–water partition coefficient (Wildman–Crippen LogP) is 0.931. The summed E-state index contributed by atoms with van der Waals surface area (Å²) in [5, 5.41) is 9.05. The molecule has 1 aliphatic heterocycles. The van der Waals surface area contributed by atoms with Crippen molar-refractivity contribution >= 4 is 22.8 Å². The highest BCUT2D eigenvalue weighted by Gasteiger charge is 2.27. The second-order valence-corrected chi connectivity index (χ2v) is 6.18. The van der Waals surface area contributed by atoms with Crippen molar-refractivity contribution in [1.82, 2.24) is 29.8 Å². The molecule has 0 atom stereocenters. The van der Waals surface area contributed by atoms with Crippen LogP contribution in [0.5, 0.6) is 0 Å². The van der Waals surface area contributed by atoms with Crippen LogP contribution in [-0.4, -0.2) is 61.9 Å². The fraction of sp³-hybridized carbons (Fsp3) is 0.438. The molecule has 130 valence electrons. The molecule has 4 heterocycles. The summed E-state index contributed by atoms with van der Waals surface area (Å²) in [6, 6.07) is 0. The molecule has 0 unspecified atom stereocenters. The molecular weight excluding hydrogens is 322 g/mol. The molecule has 0 bridgehead atoms. The van der Waals surface area contributed by atoms with E-state index in [9.17, 15) is 4.79 Å². The van der Waals surface area contributed by atoms with E-state index in [1.807, 2.05) is 11.9 Å². The maximum Gasteiger partial charge on any atom is 0.259 e. The molecule has 0 saturated carbocycles. The number of aromatic nitrogens is 5. The molecule has 9 nitrogen and oxygen atoms in total. The van der Waals surface area contributed by atoms with Crippen LogP contribution in [0.4, 0.5) is 5.82 Å². The van der Waals surface area contributed by atoms with Crippen LogP contribution in [0.15, 0.2) is 17.0 Å². The smallest absolute Gasteiger partial charge is 0.259 e. The van der Waals surface area contributed by atoms with Crippen LogP contribution in [-0.2, 0) is 7.05 Å². The number of fused-ring (bicyclic) bond motifs is 1. The number of amides is 1. The molecule has 0 aliphatic carbocycles. The Morgan fingerprint density at radius 3 is 2.60 bits per heavy atom. The molecule has 3 aromatic rings. The lowest BCUT2D eigenvalue weighted by atomic mass is 10.1. The zero-order chi connectivity index (χ0) is 17.6. The summed E-state index contributed by atoms with van der Waals surface area (Å²) < 4.78 is 6.85. The molecule has 25 heavy (non-hydrogen) atoms. The minimum absolute atomic E-state index is 0.0230. The number of rotatable bonds is 2. The summed E-state index contributed by atoms with van der Waals surface area (Å²) in [5.74, 6) is 1.41. The first-order valence-electron chi connectivity index (χ1n) is 8.16. The van der Waals surface area contributed by atoms with Crippen LogP contribution in [0.3, 0.4) is 0 Å². The van der Waals surface area contributed by atoms with Crippen molar-refractivity contribution in [2.45, 2.75) is 13.8 Å². The van der Waals surface area contributed by atoms with E-state index in [4.69, 9.17) is 4.52 Å². The monoisotopic (exact) mass is 341 g/mol. The minimum Gasteiger partial charge on any atom is -0.361 e. The van der Waals surface area contributed by atoms with E-state index in [0.717, 1.165) is 16.9 Å². The van der Waals surface area contributed by atoms with Gasteiger partial charge in [0.05, 0.1) is 17.3 Å². The molecule has 9 heteroatoms. The van der Waals surface area contributed by atoms with Crippen molar-refractivity contribution in [3.63, 3.8) is 0 Å². The topological polar surface area (TPSA) is 93.2 Å². The van der Waals surface area contributed by atoms with Crippen LogP contribution in [0.1, 0.15) is 21.8 Å². The number of piperazine rings is 1. The first kappa shape index (κ1) is 15.6. The fourth-order valence-electron chi connectivity index (χ4n) is 3.27. The van der Waals surface area contributed by atoms with E-state index in [-0.39, 0.29) is 5.91 Å². The molecule has 0 N–H and O–H groups in total. The van der Waals surface area contributed by atoms with Crippen molar-refractivity contribution in [3.05, 3.63) is 29.5 Å². The van der Waals surface area contributed by atoms with Crippen LogP contribution in [0.2, 0.25) is 0 Å². The summed E-state index contributed by atoms with van der Waals surface area (Å²) in [7, 11) is 1.86.